The summed E-state index contributed by atoms with van der Waals surface area (Å²) in [5, 5.41) is 3.44. The number of carbonyl (C=O) groups is 3. The molecule has 1 spiro atoms. The number of hydrogen-bond acceptors (Lipinski definition) is 3. The molecule has 1 saturated carbocycles. The van der Waals surface area contributed by atoms with E-state index in [1.165, 1.54) is 0 Å². The molecule has 0 aromatic heterocycles. The van der Waals surface area contributed by atoms with Crippen LogP contribution in [0.4, 0.5) is 0 Å². The molecule has 1 aliphatic carbocycles. The summed E-state index contributed by atoms with van der Waals surface area (Å²) in [6.07, 6.45) is 4.84. The number of rotatable bonds is 4. The SMILES string of the molecule is C[C@H](NC(=O)CN1C(=O)CC2(CCCCC2)C1=O)c1cccc(Cl)c1. The second kappa shape index (κ2) is 7.16. The molecule has 1 aromatic carbocycles. The first kappa shape index (κ1) is 17.9. The topological polar surface area (TPSA) is 66.5 Å². The van der Waals surface area contributed by atoms with Crippen molar-refractivity contribution in [2.75, 3.05) is 6.54 Å². The maximum Gasteiger partial charge on any atom is 0.240 e. The van der Waals surface area contributed by atoms with Gasteiger partial charge in [0.25, 0.3) is 0 Å². The van der Waals surface area contributed by atoms with E-state index in [1.54, 1.807) is 12.1 Å². The van der Waals surface area contributed by atoms with Gasteiger partial charge in [-0.25, -0.2) is 0 Å². The molecule has 0 radical (unpaired) electrons. The largest absolute Gasteiger partial charge is 0.348 e. The van der Waals surface area contributed by atoms with Crippen LogP contribution >= 0.6 is 11.6 Å². The predicted octanol–water partition coefficient (Wildman–Crippen LogP) is 3.23. The van der Waals surface area contributed by atoms with Crippen LogP contribution in [0.5, 0.6) is 0 Å². The molecule has 134 valence electrons. The molecular weight excluding hydrogens is 340 g/mol. The van der Waals surface area contributed by atoms with Gasteiger partial charge in [0.2, 0.25) is 17.7 Å². The van der Waals surface area contributed by atoms with Crippen LogP contribution in [0.3, 0.4) is 0 Å². The number of likely N-dealkylation sites (tertiary alicyclic amines) is 1. The van der Waals surface area contributed by atoms with Gasteiger partial charge < -0.3 is 5.32 Å². The second-order valence-electron chi connectivity index (χ2n) is 7.15. The van der Waals surface area contributed by atoms with Crippen molar-refractivity contribution in [3.8, 4) is 0 Å². The molecule has 2 aliphatic rings. The second-order valence-corrected chi connectivity index (χ2v) is 7.58. The van der Waals surface area contributed by atoms with Crippen molar-refractivity contribution in [2.45, 2.75) is 51.5 Å². The van der Waals surface area contributed by atoms with Crippen molar-refractivity contribution in [1.82, 2.24) is 10.2 Å². The van der Waals surface area contributed by atoms with Crippen molar-refractivity contribution < 1.29 is 14.4 Å². The molecule has 1 N–H and O–H groups in total. The van der Waals surface area contributed by atoms with Crippen LogP contribution < -0.4 is 5.32 Å². The average molecular weight is 363 g/mol. The highest BCUT2D eigenvalue weighted by Crippen LogP contribution is 2.45. The van der Waals surface area contributed by atoms with Crippen LogP contribution in [0.1, 0.15) is 57.1 Å². The fourth-order valence-corrected chi connectivity index (χ4v) is 4.13. The first-order valence-electron chi connectivity index (χ1n) is 8.81. The van der Waals surface area contributed by atoms with E-state index in [4.69, 9.17) is 11.6 Å². The molecule has 6 heteroatoms. The van der Waals surface area contributed by atoms with Crippen LogP contribution in [0.15, 0.2) is 24.3 Å². The van der Waals surface area contributed by atoms with Crippen LogP contribution in [0, 0.1) is 5.41 Å². The quantitative estimate of drug-likeness (QED) is 0.836. The Labute approximate surface area is 152 Å². The molecule has 1 saturated heterocycles. The standard InChI is InChI=1S/C19H23ClN2O3/c1-13(14-6-5-7-15(20)10-14)21-16(23)12-22-17(24)11-19(18(22)25)8-3-2-4-9-19/h5-7,10,13H,2-4,8-9,11-12H2,1H3,(H,21,23)/t13-/m0/s1. The molecule has 3 rings (SSSR count). The predicted molar refractivity (Wildman–Crippen MR) is 94.9 cm³/mol. The fraction of sp³-hybridized carbons (Fsp3) is 0.526. The highest BCUT2D eigenvalue weighted by atomic mass is 35.5. The van der Waals surface area contributed by atoms with E-state index in [0.29, 0.717) is 5.02 Å². The highest BCUT2D eigenvalue weighted by molar-refractivity contribution is 6.30. The van der Waals surface area contributed by atoms with Crippen molar-refractivity contribution >= 4 is 29.3 Å². The average Bonchev–Trinajstić information content (AvgIpc) is 2.79. The van der Waals surface area contributed by atoms with Gasteiger partial charge in [-0.15, -0.1) is 0 Å². The summed E-state index contributed by atoms with van der Waals surface area (Å²) in [6, 6.07) is 7.00. The lowest BCUT2D eigenvalue weighted by atomic mass is 9.73. The number of halogens is 1. The molecule has 1 heterocycles. The normalized spacial score (nSPS) is 20.8. The van der Waals surface area contributed by atoms with E-state index in [9.17, 15) is 14.4 Å². The third-order valence-electron chi connectivity index (χ3n) is 5.33. The first-order chi connectivity index (χ1) is 11.9. The Kier molecular flexibility index (Phi) is 5.13. The van der Waals surface area contributed by atoms with Crippen LogP contribution in [-0.4, -0.2) is 29.2 Å². The molecule has 3 amide bonds. The molecule has 25 heavy (non-hydrogen) atoms. The minimum absolute atomic E-state index is 0.164. The lowest BCUT2D eigenvalue weighted by molar-refractivity contribution is -0.145. The van der Waals surface area contributed by atoms with Gasteiger partial charge in [0, 0.05) is 11.4 Å². The van der Waals surface area contributed by atoms with Crippen molar-refractivity contribution in [3.05, 3.63) is 34.9 Å². The molecular formula is C19H23ClN2O3. The summed E-state index contributed by atoms with van der Waals surface area (Å²) in [4.78, 5) is 38.5. The molecule has 0 unspecified atom stereocenters. The van der Waals surface area contributed by atoms with E-state index in [0.717, 1.165) is 42.6 Å². The number of carbonyl (C=O) groups excluding carboxylic acids is 3. The lowest BCUT2D eigenvalue weighted by Gasteiger charge is -2.30. The maximum atomic E-state index is 12.7. The van der Waals surface area contributed by atoms with Gasteiger partial charge in [-0.05, 0) is 37.5 Å². The van der Waals surface area contributed by atoms with Crippen molar-refractivity contribution in [3.63, 3.8) is 0 Å². The van der Waals surface area contributed by atoms with E-state index < -0.39 is 5.41 Å². The Morgan fingerprint density at radius 3 is 2.68 bits per heavy atom. The van der Waals surface area contributed by atoms with Crippen molar-refractivity contribution in [1.29, 1.82) is 0 Å². The van der Waals surface area contributed by atoms with Crippen molar-refractivity contribution in [2.24, 2.45) is 5.41 Å². The molecule has 5 nitrogen and oxygen atoms in total. The summed E-state index contributed by atoms with van der Waals surface area (Å²) < 4.78 is 0. The zero-order valence-corrected chi connectivity index (χ0v) is 15.1. The summed E-state index contributed by atoms with van der Waals surface area (Å²) in [7, 11) is 0. The summed E-state index contributed by atoms with van der Waals surface area (Å²) in [5.74, 6) is -0.720. The summed E-state index contributed by atoms with van der Waals surface area (Å²) >= 11 is 5.97. The highest BCUT2D eigenvalue weighted by Gasteiger charge is 2.51. The summed E-state index contributed by atoms with van der Waals surface area (Å²) in [6.45, 7) is 1.64. The molecule has 1 aromatic rings. The van der Waals surface area contributed by atoms with Crippen LogP contribution in [-0.2, 0) is 14.4 Å². The van der Waals surface area contributed by atoms with E-state index in [1.807, 2.05) is 19.1 Å². The van der Waals surface area contributed by atoms with Gasteiger partial charge >= 0.3 is 0 Å². The first-order valence-corrected chi connectivity index (χ1v) is 9.19. The van der Waals surface area contributed by atoms with Gasteiger partial charge in [-0.2, -0.15) is 0 Å². The molecule has 0 bridgehead atoms. The Morgan fingerprint density at radius 1 is 1.28 bits per heavy atom. The number of imide groups is 1. The number of amides is 3. The van der Waals surface area contributed by atoms with Crippen LogP contribution in [0.25, 0.3) is 0 Å². The minimum atomic E-state index is -0.547. The Morgan fingerprint density at radius 2 is 2.00 bits per heavy atom. The van der Waals surface area contributed by atoms with Gasteiger partial charge in [0.1, 0.15) is 6.54 Å². The zero-order valence-electron chi connectivity index (χ0n) is 14.4. The van der Waals surface area contributed by atoms with Gasteiger partial charge in [0.05, 0.1) is 11.5 Å². The summed E-state index contributed by atoms with van der Waals surface area (Å²) in [5.41, 5.74) is 0.331. The Hall–Kier alpha value is -1.88. The Bertz CT molecular complexity index is 698. The van der Waals surface area contributed by atoms with E-state index >= 15 is 0 Å². The molecule has 1 atom stereocenters. The number of benzene rings is 1. The number of nitrogens with one attached hydrogen (secondary N) is 1. The lowest BCUT2D eigenvalue weighted by Crippen LogP contribution is -2.43. The third-order valence-corrected chi connectivity index (χ3v) is 5.56. The van der Waals surface area contributed by atoms with E-state index in [-0.39, 0.29) is 36.7 Å². The minimum Gasteiger partial charge on any atom is -0.348 e. The monoisotopic (exact) mass is 362 g/mol. The maximum absolute atomic E-state index is 12.7. The van der Waals surface area contributed by atoms with Gasteiger partial charge in [0.15, 0.2) is 0 Å². The van der Waals surface area contributed by atoms with Gasteiger partial charge in [-0.3, -0.25) is 19.3 Å². The third kappa shape index (κ3) is 3.71. The Balaban J connectivity index is 1.62. The zero-order chi connectivity index (χ0) is 18.0. The molecule has 2 fully saturated rings. The fourth-order valence-electron chi connectivity index (χ4n) is 3.93. The number of hydrogen-bond donors (Lipinski definition) is 1. The van der Waals surface area contributed by atoms with Crippen LogP contribution in [0.2, 0.25) is 5.02 Å². The van der Waals surface area contributed by atoms with E-state index in [2.05, 4.69) is 5.32 Å². The number of nitrogens with zero attached hydrogens (tertiary/aromatic N) is 1. The smallest absolute Gasteiger partial charge is 0.240 e. The molecule has 1 aliphatic heterocycles. The van der Waals surface area contributed by atoms with Gasteiger partial charge in [-0.1, -0.05) is 43.0 Å².